The predicted molar refractivity (Wildman–Crippen MR) is 114 cm³/mol. The molecule has 1 aromatic heterocycles. The summed E-state index contributed by atoms with van der Waals surface area (Å²) >= 11 is 0. The lowest BCUT2D eigenvalue weighted by molar-refractivity contribution is -0.110. The Morgan fingerprint density at radius 3 is 2.61 bits per heavy atom. The van der Waals surface area contributed by atoms with Crippen molar-refractivity contribution in [1.29, 1.82) is 0 Å². The fourth-order valence-corrected chi connectivity index (χ4v) is 3.21. The first kappa shape index (κ1) is 17.8. The molecule has 0 saturated carbocycles. The number of amides is 1. The third kappa shape index (κ3) is 3.88. The number of rotatable bonds is 6. The van der Waals surface area contributed by atoms with Crippen LogP contribution in [0.5, 0.6) is 0 Å². The SMILES string of the molecule is CN(CCc1ccccn1)c1ccc(NC=C2C(=O)Nc3ccccc32)cc1. The Morgan fingerprint density at radius 1 is 1.04 bits per heavy atom. The predicted octanol–water partition coefficient (Wildman–Crippen LogP) is 4.17. The summed E-state index contributed by atoms with van der Waals surface area (Å²) in [5, 5.41) is 6.11. The standard InChI is InChI=1S/C23H22N4O/c1-27(15-13-17-6-4-5-14-24-17)19-11-9-18(10-12-19)25-16-21-20-7-2-3-8-22(20)26-23(21)28/h2-12,14,16,25H,13,15H2,1H3,(H,26,28). The third-order valence-corrected chi connectivity index (χ3v) is 4.83. The van der Waals surface area contributed by atoms with Gasteiger partial charge in [-0.05, 0) is 42.5 Å². The van der Waals surface area contributed by atoms with E-state index in [9.17, 15) is 4.79 Å². The number of aromatic nitrogens is 1. The second-order valence-corrected chi connectivity index (χ2v) is 6.74. The van der Waals surface area contributed by atoms with Crippen molar-refractivity contribution in [3.8, 4) is 0 Å². The molecule has 1 aliphatic rings. The summed E-state index contributed by atoms with van der Waals surface area (Å²) in [5.41, 5.74) is 5.59. The monoisotopic (exact) mass is 370 g/mol. The highest BCUT2D eigenvalue weighted by Crippen LogP contribution is 2.31. The van der Waals surface area contributed by atoms with E-state index in [1.165, 1.54) is 0 Å². The van der Waals surface area contributed by atoms with E-state index >= 15 is 0 Å². The van der Waals surface area contributed by atoms with Crippen LogP contribution < -0.4 is 15.5 Å². The molecule has 1 amide bonds. The third-order valence-electron chi connectivity index (χ3n) is 4.83. The van der Waals surface area contributed by atoms with Gasteiger partial charge in [-0.1, -0.05) is 24.3 Å². The summed E-state index contributed by atoms with van der Waals surface area (Å²) in [6.07, 6.45) is 4.49. The highest BCUT2D eigenvalue weighted by atomic mass is 16.2. The summed E-state index contributed by atoms with van der Waals surface area (Å²) in [6.45, 7) is 0.894. The molecule has 0 bridgehead atoms. The Morgan fingerprint density at radius 2 is 1.82 bits per heavy atom. The number of carbonyl (C=O) groups excluding carboxylic acids is 1. The zero-order valence-corrected chi connectivity index (χ0v) is 15.7. The van der Waals surface area contributed by atoms with Crippen molar-refractivity contribution in [3.05, 3.63) is 90.4 Å². The van der Waals surface area contributed by atoms with Gasteiger partial charge in [0.2, 0.25) is 0 Å². The molecule has 0 unspecified atom stereocenters. The summed E-state index contributed by atoms with van der Waals surface area (Å²) in [7, 11) is 2.08. The van der Waals surface area contributed by atoms with E-state index in [1.807, 2.05) is 60.8 Å². The van der Waals surface area contributed by atoms with Crippen LogP contribution in [-0.4, -0.2) is 24.5 Å². The number of fused-ring (bicyclic) bond motifs is 1. The topological polar surface area (TPSA) is 57.3 Å². The molecule has 0 atom stereocenters. The van der Waals surface area contributed by atoms with E-state index in [0.717, 1.165) is 41.3 Å². The van der Waals surface area contributed by atoms with Crippen LogP contribution in [0.15, 0.2) is 79.1 Å². The molecule has 2 heterocycles. The quantitative estimate of drug-likeness (QED) is 0.640. The molecular formula is C23H22N4O. The number of likely N-dealkylation sites (N-methyl/N-ethyl adjacent to an activating group) is 1. The minimum atomic E-state index is -0.0837. The van der Waals surface area contributed by atoms with Crippen LogP contribution in [0, 0.1) is 0 Å². The van der Waals surface area contributed by atoms with Crippen LogP contribution in [-0.2, 0) is 11.2 Å². The van der Waals surface area contributed by atoms with Crippen molar-refractivity contribution >= 4 is 28.5 Å². The van der Waals surface area contributed by atoms with Crippen LogP contribution in [0.2, 0.25) is 0 Å². The highest BCUT2D eigenvalue weighted by Gasteiger charge is 2.23. The van der Waals surface area contributed by atoms with Crippen molar-refractivity contribution in [2.75, 3.05) is 29.1 Å². The summed E-state index contributed by atoms with van der Waals surface area (Å²) in [5.74, 6) is -0.0837. The minimum Gasteiger partial charge on any atom is -0.374 e. The summed E-state index contributed by atoms with van der Waals surface area (Å²) in [4.78, 5) is 18.7. The molecule has 5 nitrogen and oxygen atoms in total. The number of nitrogens with one attached hydrogen (secondary N) is 2. The van der Waals surface area contributed by atoms with Gasteiger partial charge in [-0.15, -0.1) is 0 Å². The largest absolute Gasteiger partial charge is 0.374 e. The van der Waals surface area contributed by atoms with E-state index in [2.05, 4.69) is 39.7 Å². The number of benzene rings is 2. The van der Waals surface area contributed by atoms with Gasteiger partial charge in [0.05, 0.1) is 5.57 Å². The van der Waals surface area contributed by atoms with E-state index in [4.69, 9.17) is 0 Å². The molecule has 1 aliphatic heterocycles. The lowest BCUT2D eigenvalue weighted by Gasteiger charge is -2.19. The first-order valence-corrected chi connectivity index (χ1v) is 9.29. The Bertz CT molecular complexity index is 997. The van der Waals surface area contributed by atoms with Gasteiger partial charge in [0.25, 0.3) is 5.91 Å². The zero-order valence-electron chi connectivity index (χ0n) is 15.7. The number of carbonyl (C=O) groups is 1. The van der Waals surface area contributed by atoms with Gasteiger partial charge in [0.1, 0.15) is 0 Å². The average molecular weight is 370 g/mol. The molecule has 4 rings (SSSR count). The van der Waals surface area contributed by atoms with Crippen LogP contribution in [0.25, 0.3) is 5.57 Å². The van der Waals surface area contributed by atoms with Crippen molar-refractivity contribution in [1.82, 2.24) is 4.98 Å². The van der Waals surface area contributed by atoms with Crippen molar-refractivity contribution in [3.63, 3.8) is 0 Å². The fraction of sp³-hybridized carbons (Fsp3) is 0.130. The second kappa shape index (κ2) is 7.96. The summed E-state index contributed by atoms with van der Waals surface area (Å²) in [6, 6.07) is 21.9. The van der Waals surface area contributed by atoms with Crippen LogP contribution in [0.1, 0.15) is 11.3 Å². The van der Waals surface area contributed by atoms with Crippen LogP contribution in [0.4, 0.5) is 17.1 Å². The van der Waals surface area contributed by atoms with Crippen molar-refractivity contribution in [2.24, 2.45) is 0 Å². The Labute approximate surface area is 164 Å². The van der Waals surface area contributed by atoms with Crippen LogP contribution in [0.3, 0.4) is 0 Å². The number of anilines is 3. The second-order valence-electron chi connectivity index (χ2n) is 6.74. The molecule has 28 heavy (non-hydrogen) atoms. The van der Waals surface area contributed by atoms with Gasteiger partial charge >= 0.3 is 0 Å². The Kier molecular flexibility index (Phi) is 5.06. The van der Waals surface area contributed by atoms with Gasteiger partial charge in [-0.25, -0.2) is 0 Å². The number of hydrogen-bond donors (Lipinski definition) is 2. The molecule has 0 fully saturated rings. The molecule has 5 heteroatoms. The molecular weight excluding hydrogens is 348 g/mol. The maximum atomic E-state index is 12.2. The van der Waals surface area contributed by atoms with Gasteiger partial charge in [-0.3, -0.25) is 9.78 Å². The zero-order chi connectivity index (χ0) is 19.3. The fourth-order valence-electron chi connectivity index (χ4n) is 3.21. The molecule has 0 radical (unpaired) electrons. The van der Waals surface area contributed by atoms with Crippen molar-refractivity contribution in [2.45, 2.75) is 6.42 Å². The van der Waals surface area contributed by atoms with E-state index in [1.54, 1.807) is 6.20 Å². The van der Waals surface area contributed by atoms with Crippen molar-refractivity contribution < 1.29 is 4.79 Å². The smallest absolute Gasteiger partial charge is 0.257 e. The van der Waals surface area contributed by atoms with E-state index in [0.29, 0.717) is 5.57 Å². The highest BCUT2D eigenvalue weighted by molar-refractivity contribution is 6.31. The molecule has 0 saturated heterocycles. The number of pyridine rings is 1. The Hall–Kier alpha value is -3.60. The van der Waals surface area contributed by atoms with Gasteiger partial charge in [0, 0.05) is 60.7 Å². The number of nitrogens with zero attached hydrogens (tertiary/aromatic N) is 2. The van der Waals surface area contributed by atoms with E-state index in [-0.39, 0.29) is 5.91 Å². The van der Waals surface area contributed by atoms with Crippen LogP contribution >= 0.6 is 0 Å². The maximum Gasteiger partial charge on any atom is 0.257 e. The first-order valence-electron chi connectivity index (χ1n) is 9.29. The lowest BCUT2D eigenvalue weighted by atomic mass is 10.1. The number of hydrogen-bond acceptors (Lipinski definition) is 4. The van der Waals surface area contributed by atoms with Gasteiger partial charge in [0.15, 0.2) is 0 Å². The maximum absolute atomic E-state index is 12.2. The normalized spacial score (nSPS) is 13.9. The lowest BCUT2D eigenvalue weighted by Crippen LogP contribution is -2.20. The van der Waals surface area contributed by atoms with Gasteiger partial charge < -0.3 is 15.5 Å². The first-order chi connectivity index (χ1) is 13.7. The average Bonchev–Trinajstić information content (AvgIpc) is 3.06. The minimum absolute atomic E-state index is 0.0837. The van der Waals surface area contributed by atoms with E-state index < -0.39 is 0 Å². The number of para-hydroxylation sites is 1. The molecule has 2 aromatic carbocycles. The summed E-state index contributed by atoms with van der Waals surface area (Å²) < 4.78 is 0. The van der Waals surface area contributed by atoms with Gasteiger partial charge in [-0.2, -0.15) is 0 Å². The molecule has 140 valence electrons. The molecule has 0 aliphatic carbocycles. The molecule has 3 aromatic rings. The molecule has 0 spiro atoms. The Balaban J connectivity index is 1.39. The molecule has 2 N–H and O–H groups in total.